The van der Waals surface area contributed by atoms with Crippen molar-refractivity contribution in [2.45, 2.75) is 26.7 Å². The lowest BCUT2D eigenvalue weighted by molar-refractivity contribution is -0.892. The van der Waals surface area contributed by atoms with Gasteiger partial charge >= 0.3 is 0 Å². The molecule has 0 atom stereocenters. The number of hydrogen-bond acceptors (Lipinski definition) is 3. The molecule has 2 aromatic carbocycles. The first-order valence-electron chi connectivity index (χ1n) is 10.3. The minimum atomic E-state index is 0.0682. The van der Waals surface area contributed by atoms with Crippen molar-refractivity contribution in [1.82, 2.24) is 0 Å². The van der Waals surface area contributed by atoms with Gasteiger partial charge in [-0.1, -0.05) is 25.5 Å². The number of quaternary nitrogens is 1. The number of carbonyl (C=O) groups is 1. The SMILES string of the molecule is CCCCOc1ccc(NC(=O)C[NH+]2CCN(c3cccc(C)c3)CC2)cc1. The summed E-state index contributed by atoms with van der Waals surface area (Å²) >= 11 is 0. The van der Waals surface area contributed by atoms with E-state index in [1.807, 2.05) is 24.3 Å². The Morgan fingerprint density at radius 2 is 1.89 bits per heavy atom. The normalized spacial score (nSPS) is 14.7. The van der Waals surface area contributed by atoms with Crippen LogP contribution in [-0.4, -0.2) is 45.2 Å². The van der Waals surface area contributed by atoms with Gasteiger partial charge in [-0.2, -0.15) is 0 Å². The predicted molar refractivity (Wildman–Crippen MR) is 114 cm³/mol. The third kappa shape index (κ3) is 5.99. The van der Waals surface area contributed by atoms with Crippen LogP contribution in [-0.2, 0) is 4.79 Å². The van der Waals surface area contributed by atoms with Gasteiger partial charge in [0.15, 0.2) is 6.54 Å². The van der Waals surface area contributed by atoms with Crippen LogP contribution in [0.4, 0.5) is 11.4 Å². The second-order valence-electron chi connectivity index (χ2n) is 7.53. The fourth-order valence-corrected chi connectivity index (χ4v) is 3.48. The Kier molecular flexibility index (Phi) is 7.31. The first-order valence-corrected chi connectivity index (χ1v) is 10.3. The van der Waals surface area contributed by atoms with Gasteiger partial charge in [-0.15, -0.1) is 0 Å². The topological polar surface area (TPSA) is 46.0 Å². The third-order valence-electron chi connectivity index (χ3n) is 5.15. The minimum absolute atomic E-state index is 0.0682. The summed E-state index contributed by atoms with van der Waals surface area (Å²) in [5, 5.41) is 3.01. The van der Waals surface area contributed by atoms with E-state index in [1.54, 1.807) is 0 Å². The molecule has 28 heavy (non-hydrogen) atoms. The van der Waals surface area contributed by atoms with Crippen LogP contribution in [0.3, 0.4) is 0 Å². The van der Waals surface area contributed by atoms with Crippen molar-refractivity contribution < 1.29 is 14.4 Å². The lowest BCUT2D eigenvalue weighted by atomic mass is 10.2. The number of benzene rings is 2. The molecule has 1 aliphatic heterocycles. The Balaban J connectivity index is 1.42. The monoisotopic (exact) mass is 382 g/mol. The average Bonchev–Trinajstić information content (AvgIpc) is 2.70. The number of ether oxygens (including phenoxy) is 1. The molecule has 1 heterocycles. The van der Waals surface area contributed by atoms with Crippen molar-refractivity contribution >= 4 is 17.3 Å². The van der Waals surface area contributed by atoms with E-state index in [1.165, 1.54) is 16.2 Å². The van der Waals surface area contributed by atoms with E-state index in [0.717, 1.165) is 57.1 Å². The fraction of sp³-hybridized carbons (Fsp3) is 0.435. The molecule has 0 bridgehead atoms. The van der Waals surface area contributed by atoms with E-state index in [4.69, 9.17) is 4.74 Å². The number of aryl methyl sites for hydroxylation is 1. The largest absolute Gasteiger partial charge is 0.494 e. The Morgan fingerprint density at radius 3 is 2.57 bits per heavy atom. The summed E-state index contributed by atoms with van der Waals surface area (Å²) in [7, 11) is 0. The molecule has 1 saturated heterocycles. The van der Waals surface area contributed by atoms with Gasteiger partial charge in [0.2, 0.25) is 0 Å². The first kappa shape index (κ1) is 20.2. The van der Waals surface area contributed by atoms with Crippen molar-refractivity contribution in [2.75, 3.05) is 49.5 Å². The van der Waals surface area contributed by atoms with Crippen LogP contribution >= 0.6 is 0 Å². The number of nitrogens with zero attached hydrogens (tertiary/aromatic N) is 1. The van der Waals surface area contributed by atoms with Crippen molar-refractivity contribution in [3.05, 3.63) is 54.1 Å². The highest BCUT2D eigenvalue weighted by molar-refractivity contribution is 5.91. The lowest BCUT2D eigenvalue weighted by Gasteiger charge is -2.33. The molecule has 0 aromatic heterocycles. The second kappa shape index (κ2) is 10.1. The molecule has 5 nitrogen and oxygen atoms in total. The quantitative estimate of drug-likeness (QED) is 0.690. The number of nitrogens with one attached hydrogen (secondary N) is 2. The number of amides is 1. The Morgan fingerprint density at radius 1 is 1.14 bits per heavy atom. The lowest BCUT2D eigenvalue weighted by Crippen LogP contribution is -3.15. The molecule has 0 radical (unpaired) electrons. The van der Waals surface area contributed by atoms with Crippen LogP contribution in [0.2, 0.25) is 0 Å². The van der Waals surface area contributed by atoms with Crippen LogP contribution in [0.25, 0.3) is 0 Å². The summed E-state index contributed by atoms with van der Waals surface area (Å²) in [5.74, 6) is 0.919. The maximum absolute atomic E-state index is 12.4. The molecule has 0 unspecified atom stereocenters. The molecule has 0 saturated carbocycles. The molecule has 1 aliphatic rings. The number of unbranched alkanes of at least 4 members (excludes halogenated alkanes) is 1. The Bertz CT molecular complexity index is 753. The number of anilines is 2. The van der Waals surface area contributed by atoms with Gasteiger partial charge < -0.3 is 19.9 Å². The molecule has 150 valence electrons. The highest BCUT2D eigenvalue weighted by atomic mass is 16.5. The van der Waals surface area contributed by atoms with E-state index in [-0.39, 0.29) is 5.91 Å². The van der Waals surface area contributed by atoms with Gasteiger partial charge in [0.05, 0.1) is 32.8 Å². The molecule has 0 spiro atoms. The zero-order valence-electron chi connectivity index (χ0n) is 17.0. The van der Waals surface area contributed by atoms with Crippen molar-refractivity contribution in [3.8, 4) is 5.75 Å². The van der Waals surface area contributed by atoms with Crippen LogP contribution < -0.4 is 19.9 Å². The van der Waals surface area contributed by atoms with Crippen molar-refractivity contribution in [1.29, 1.82) is 0 Å². The summed E-state index contributed by atoms with van der Waals surface area (Å²) in [6, 6.07) is 16.3. The van der Waals surface area contributed by atoms with E-state index in [9.17, 15) is 4.79 Å². The zero-order chi connectivity index (χ0) is 19.8. The molecule has 0 aliphatic carbocycles. The average molecular weight is 383 g/mol. The molecule has 1 fully saturated rings. The van der Waals surface area contributed by atoms with Crippen LogP contribution in [0.1, 0.15) is 25.3 Å². The molecular formula is C23H32N3O2+. The summed E-state index contributed by atoms with van der Waals surface area (Å²) < 4.78 is 5.66. The van der Waals surface area contributed by atoms with E-state index in [2.05, 4.69) is 48.3 Å². The fourth-order valence-electron chi connectivity index (χ4n) is 3.48. The van der Waals surface area contributed by atoms with Crippen LogP contribution in [0.5, 0.6) is 5.75 Å². The minimum Gasteiger partial charge on any atom is -0.494 e. The van der Waals surface area contributed by atoms with E-state index in [0.29, 0.717) is 6.54 Å². The smallest absolute Gasteiger partial charge is 0.279 e. The van der Waals surface area contributed by atoms with E-state index < -0.39 is 0 Å². The summed E-state index contributed by atoms with van der Waals surface area (Å²) in [4.78, 5) is 16.1. The van der Waals surface area contributed by atoms with E-state index >= 15 is 0 Å². The van der Waals surface area contributed by atoms with Crippen molar-refractivity contribution in [2.24, 2.45) is 0 Å². The summed E-state index contributed by atoms with van der Waals surface area (Å²) in [6.45, 7) is 9.44. The highest BCUT2D eigenvalue weighted by Crippen LogP contribution is 2.16. The second-order valence-corrected chi connectivity index (χ2v) is 7.53. The molecule has 2 aromatic rings. The first-order chi connectivity index (χ1) is 13.6. The van der Waals surface area contributed by atoms with Crippen LogP contribution in [0, 0.1) is 6.92 Å². The molecular weight excluding hydrogens is 350 g/mol. The van der Waals surface area contributed by atoms with Gasteiger partial charge in [0, 0.05) is 11.4 Å². The molecule has 1 amide bonds. The van der Waals surface area contributed by atoms with Gasteiger partial charge in [0.25, 0.3) is 5.91 Å². The standard InChI is InChI=1S/C23H31N3O2/c1-3-4-16-28-22-10-8-20(9-11-22)24-23(27)18-25-12-14-26(15-13-25)21-7-5-6-19(2)17-21/h5-11,17H,3-4,12-16,18H2,1-2H3,(H,24,27)/p+1. The van der Waals surface area contributed by atoms with Gasteiger partial charge in [-0.25, -0.2) is 0 Å². The molecule has 5 heteroatoms. The Labute approximate surface area is 168 Å². The number of rotatable bonds is 8. The van der Waals surface area contributed by atoms with Gasteiger partial charge in [0.1, 0.15) is 5.75 Å². The summed E-state index contributed by atoms with van der Waals surface area (Å²) in [5.41, 5.74) is 3.39. The summed E-state index contributed by atoms with van der Waals surface area (Å²) in [6.07, 6.45) is 2.17. The van der Waals surface area contributed by atoms with Crippen molar-refractivity contribution in [3.63, 3.8) is 0 Å². The Hall–Kier alpha value is -2.53. The van der Waals surface area contributed by atoms with Gasteiger partial charge in [-0.05, 0) is 55.3 Å². The number of hydrogen-bond donors (Lipinski definition) is 2. The maximum atomic E-state index is 12.4. The number of piperazine rings is 1. The third-order valence-corrected chi connectivity index (χ3v) is 5.15. The van der Waals surface area contributed by atoms with Crippen LogP contribution in [0.15, 0.2) is 48.5 Å². The zero-order valence-corrected chi connectivity index (χ0v) is 17.0. The van der Waals surface area contributed by atoms with Gasteiger partial charge in [-0.3, -0.25) is 4.79 Å². The predicted octanol–water partition coefficient (Wildman–Crippen LogP) is 2.52. The highest BCUT2D eigenvalue weighted by Gasteiger charge is 2.22. The number of carbonyl (C=O) groups excluding carboxylic acids is 1. The molecule has 3 rings (SSSR count). The maximum Gasteiger partial charge on any atom is 0.279 e. The molecule has 2 N–H and O–H groups in total.